The van der Waals surface area contributed by atoms with E-state index in [-0.39, 0.29) is 23.7 Å². The predicted octanol–water partition coefficient (Wildman–Crippen LogP) is 2.59. The van der Waals surface area contributed by atoms with Crippen LogP contribution in [-0.2, 0) is 4.79 Å². The van der Waals surface area contributed by atoms with Crippen LogP contribution in [0, 0.1) is 0 Å². The minimum atomic E-state index is -0.577. The highest BCUT2D eigenvalue weighted by Crippen LogP contribution is 2.37. The lowest BCUT2D eigenvalue weighted by atomic mass is 9.99. The van der Waals surface area contributed by atoms with Gasteiger partial charge in [0.1, 0.15) is 11.3 Å². The number of primary amides is 1. The summed E-state index contributed by atoms with van der Waals surface area (Å²) in [6, 6.07) is 11.3. The Bertz CT molecular complexity index is 1170. The summed E-state index contributed by atoms with van der Waals surface area (Å²) in [5.74, 6) is -0.406. The molecule has 0 spiro atoms. The number of nitrogens with two attached hydrogens (primary N) is 1. The van der Waals surface area contributed by atoms with Crippen molar-refractivity contribution in [3.8, 4) is 5.75 Å². The van der Waals surface area contributed by atoms with Gasteiger partial charge in [0.15, 0.2) is 12.0 Å². The Kier molecular flexibility index (Phi) is 4.43. The summed E-state index contributed by atoms with van der Waals surface area (Å²) in [6.45, 7) is -0.228. The first-order valence-electron chi connectivity index (χ1n) is 8.41. The van der Waals surface area contributed by atoms with Crippen LogP contribution in [0.1, 0.15) is 27.7 Å². The van der Waals surface area contributed by atoms with Crippen molar-refractivity contribution in [1.29, 1.82) is 0 Å². The molecule has 2 aromatic carbocycles. The maximum atomic E-state index is 13.2. The molecule has 28 heavy (non-hydrogen) atoms. The van der Waals surface area contributed by atoms with E-state index in [4.69, 9.17) is 14.9 Å². The number of halogens is 1. The Morgan fingerprint density at radius 1 is 1.21 bits per heavy atom. The average Bonchev–Trinajstić information content (AvgIpc) is 2.93. The fraction of sp³-hybridized carbons (Fsp3) is 0.150. The van der Waals surface area contributed by atoms with Crippen molar-refractivity contribution in [3.05, 3.63) is 74.0 Å². The Labute approximate surface area is 167 Å². The maximum Gasteiger partial charge on any atom is 0.290 e. The Morgan fingerprint density at radius 2 is 1.93 bits per heavy atom. The third-order valence-corrected chi connectivity index (χ3v) is 5.13. The number of carbonyl (C=O) groups is 2. The normalized spacial score (nSPS) is 15.7. The van der Waals surface area contributed by atoms with Gasteiger partial charge in [0.2, 0.25) is 5.76 Å². The fourth-order valence-corrected chi connectivity index (χ4v) is 3.71. The highest BCUT2D eigenvalue weighted by Gasteiger charge is 2.40. The Balaban J connectivity index is 1.81. The van der Waals surface area contributed by atoms with E-state index in [1.165, 1.54) is 4.90 Å². The molecule has 0 bridgehead atoms. The minimum Gasteiger partial charge on any atom is -0.484 e. The molecule has 0 aliphatic carbocycles. The van der Waals surface area contributed by atoms with Crippen molar-refractivity contribution in [1.82, 2.24) is 4.90 Å². The van der Waals surface area contributed by atoms with Gasteiger partial charge in [0.05, 0.1) is 17.0 Å². The molecule has 0 fully saturated rings. The number of benzene rings is 2. The zero-order valence-electron chi connectivity index (χ0n) is 14.8. The van der Waals surface area contributed by atoms with Crippen molar-refractivity contribution in [2.45, 2.75) is 6.04 Å². The molecule has 8 heteroatoms. The van der Waals surface area contributed by atoms with Crippen molar-refractivity contribution < 1.29 is 18.7 Å². The van der Waals surface area contributed by atoms with E-state index < -0.39 is 11.9 Å². The van der Waals surface area contributed by atoms with Gasteiger partial charge in [0, 0.05) is 11.5 Å². The lowest BCUT2D eigenvalue weighted by Gasteiger charge is -2.20. The third kappa shape index (κ3) is 2.95. The van der Waals surface area contributed by atoms with E-state index in [0.29, 0.717) is 22.3 Å². The van der Waals surface area contributed by atoms with E-state index in [1.807, 2.05) is 0 Å². The number of hydrogen-bond donors (Lipinski definition) is 1. The zero-order chi connectivity index (χ0) is 20.0. The second-order valence-corrected chi connectivity index (χ2v) is 7.37. The van der Waals surface area contributed by atoms with E-state index in [2.05, 4.69) is 15.9 Å². The second kappa shape index (κ2) is 6.79. The lowest BCUT2D eigenvalue weighted by Crippen LogP contribution is -2.25. The molecule has 4 rings (SSSR count). The third-order valence-electron chi connectivity index (χ3n) is 4.64. The topological polar surface area (TPSA) is 103 Å². The number of hydrogen-bond acceptors (Lipinski definition) is 5. The summed E-state index contributed by atoms with van der Waals surface area (Å²) in [4.78, 5) is 38.2. The molecule has 1 atom stereocenters. The molecule has 142 valence electrons. The lowest BCUT2D eigenvalue weighted by molar-refractivity contribution is -0.119. The smallest absolute Gasteiger partial charge is 0.290 e. The van der Waals surface area contributed by atoms with Gasteiger partial charge in [-0.1, -0.05) is 28.1 Å². The van der Waals surface area contributed by atoms with Crippen LogP contribution in [0.25, 0.3) is 11.0 Å². The van der Waals surface area contributed by atoms with Gasteiger partial charge in [-0.05, 0) is 35.9 Å². The number of rotatable bonds is 4. The molecule has 2 heterocycles. The van der Waals surface area contributed by atoms with Crippen LogP contribution in [0.2, 0.25) is 0 Å². The molecular weight excluding hydrogens is 428 g/mol. The zero-order valence-corrected chi connectivity index (χ0v) is 16.4. The highest BCUT2D eigenvalue weighted by atomic mass is 79.9. The Morgan fingerprint density at radius 3 is 2.61 bits per heavy atom. The quantitative estimate of drug-likeness (QED) is 0.668. The van der Waals surface area contributed by atoms with Gasteiger partial charge < -0.3 is 19.8 Å². The fourth-order valence-electron chi connectivity index (χ4n) is 3.35. The first-order valence-corrected chi connectivity index (χ1v) is 9.20. The van der Waals surface area contributed by atoms with E-state index in [9.17, 15) is 14.4 Å². The molecule has 7 nitrogen and oxygen atoms in total. The highest BCUT2D eigenvalue weighted by molar-refractivity contribution is 9.10. The van der Waals surface area contributed by atoms with Crippen LogP contribution >= 0.6 is 15.9 Å². The van der Waals surface area contributed by atoms with Crippen molar-refractivity contribution in [2.24, 2.45) is 5.73 Å². The largest absolute Gasteiger partial charge is 0.484 e. The summed E-state index contributed by atoms with van der Waals surface area (Å²) in [6.07, 6.45) is 0. The van der Waals surface area contributed by atoms with Gasteiger partial charge in [-0.25, -0.2) is 0 Å². The molecule has 2 amide bonds. The first kappa shape index (κ1) is 18.2. The van der Waals surface area contributed by atoms with Gasteiger partial charge in [-0.2, -0.15) is 0 Å². The van der Waals surface area contributed by atoms with Gasteiger partial charge in [0.25, 0.3) is 11.8 Å². The molecule has 1 unspecified atom stereocenters. The van der Waals surface area contributed by atoms with Gasteiger partial charge in [-0.3, -0.25) is 14.4 Å². The molecule has 1 aliphatic heterocycles. The van der Waals surface area contributed by atoms with Crippen LogP contribution in [0.4, 0.5) is 0 Å². The maximum absolute atomic E-state index is 13.2. The SMILES string of the molecule is CN1C(=O)c2oc3ccc(Br)cc3c(=O)c2C1c1ccc(OCC(N)=O)cc1. The number of carbonyl (C=O) groups excluding carboxylic acids is 2. The molecule has 1 aliphatic rings. The van der Waals surface area contributed by atoms with Crippen molar-refractivity contribution in [2.75, 3.05) is 13.7 Å². The van der Waals surface area contributed by atoms with E-state index >= 15 is 0 Å². The molecular formula is C20H15BrN2O5. The molecule has 0 radical (unpaired) electrons. The number of amides is 2. The predicted molar refractivity (Wildman–Crippen MR) is 105 cm³/mol. The monoisotopic (exact) mass is 442 g/mol. The summed E-state index contributed by atoms with van der Waals surface area (Å²) in [5, 5.41) is 0.405. The number of ether oxygens (including phenoxy) is 1. The van der Waals surface area contributed by atoms with Crippen LogP contribution in [0.5, 0.6) is 5.75 Å². The van der Waals surface area contributed by atoms with Crippen LogP contribution in [0.3, 0.4) is 0 Å². The van der Waals surface area contributed by atoms with E-state index in [1.54, 1.807) is 49.5 Å². The first-order chi connectivity index (χ1) is 13.4. The minimum absolute atomic E-state index is 0.0568. The number of fused-ring (bicyclic) bond motifs is 2. The standard InChI is InChI=1S/C20H15BrN2O5/c1-23-17(10-2-5-12(6-3-10)27-9-15(22)24)16-18(25)13-8-11(21)4-7-14(13)28-19(16)20(23)26/h2-8,17H,9H2,1H3,(H2,22,24). The van der Waals surface area contributed by atoms with Crippen LogP contribution < -0.4 is 15.9 Å². The molecule has 0 saturated carbocycles. The van der Waals surface area contributed by atoms with E-state index in [0.717, 1.165) is 10.0 Å². The molecule has 3 aromatic rings. The number of nitrogens with zero attached hydrogens (tertiary/aromatic N) is 1. The second-order valence-electron chi connectivity index (χ2n) is 6.46. The summed E-state index contributed by atoms with van der Waals surface area (Å²) in [7, 11) is 1.63. The van der Waals surface area contributed by atoms with Crippen molar-refractivity contribution >= 4 is 38.7 Å². The summed E-state index contributed by atoms with van der Waals surface area (Å²) >= 11 is 3.36. The average molecular weight is 443 g/mol. The molecule has 1 aromatic heterocycles. The molecule has 2 N–H and O–H groups in total. The summed E-state index contributed by atoms with van der Waals surface area (Å²) < 4.78 is 11.8. The van der Waals surface area contributed by atoms with Crippen molar-refractivity contribution in [3.63, 3.8) is 0 Å². The summed E-state index contributed by atoms with van der Waals surface area (Å²) in [5.41, 5.74) is 6.23. The Hall–Kier alpha value is -3.13. The van der Waals surface area contributed by atoms with Crippen LogP contribution in [0.15, 0.2) is 56.1 Å². The van der Waals surface area contributed by atoms with Gasteiger partial charge >= 0.3 is 0 Å². The van der Waals surface area contributed by atoms with Crippen LogP contribution in [-0.4, -0.2) is 30.4 Å². The molecule has 0 saturated heterocycles. The van der Waals surface area contributed by atoms with Gasteiger partial charge in [-0.15, -0.1) is 0 Å².